The summed E-state index contributed by atoms with van der Waals surface area (Å²) in [6.45, 7) is 4.87. The molecule has 2 atom stereocenters. The van der Waals surface area contributed by atoms with Crippen molar-refractivity contribution in [1.82, 2.24) is 5.32 Å². The minimum Gasteiger partial charge on any atom is -0.466 e. The van der Waals surface area contributed by atoms with Gasteiger partial charge in [-0.25, -0.2) is 0 Å². The number of nitrogens with one attached hydrogen (secondary N) is 1. The second-order valence-corrected chi connectivity index (χ2v) is 19.6. The van der Waals surface area contributed by atoms with Gasteiger partial charge in [-0.15, -0.1) is 0 Å². The second kappa shape index (κ2) is 54.7. The van der Waals surface area contributed by atoms with Crippen molar-refractivity contribution in [2.24, 2.45) is 0 Å². The van der Waals surface area contributed by atoms with E-state index in [0.29, 0.717) is 19.4 Å². The molecule has 65 heavy (non-hydrogen) atoms. The van der Waals surface area contributed by atoms with Gasteiger partial charge < -0.3 is 20.3 Å². The zero-order chi connectivity index (χ0) is 47.2. The normalized spacial score (nSPS) is 12.9. The Bertz CT molecular complexity index is 1060. The van der Waals surface area contributed by atoms with E-state index < -0.39 is 12.1 Å². The molecule has 0 aromatic heterocycles. The molecular weight excluding hydrogens is 803 g/mol. The predicted octanol–water partition coefficient (Wildman–Crippen LogP) is 17.6. The summed E-state index contributed by atoms with van der Waals surface area (Å²) in [6, 6.07) is -0.631. The van der Waals surface area contributed by atoms with E-state index in [1.54, 1.807) is 6.08 Å². The lowest BCUT2D eigenvalue weighted by Crippen LogP contribution is -2.45. The first-order chi connectivity index (χ1) is 32.0. The fourth-order valence-corrected chi connectivity index (χ4v) is 8.68. The Morgan fingerprint density at radius 2 is 0.723 bits per heavy atom. The van der Waals surface area contributed by atoms with Crippen LogP contribution in [-0.2, 0) is 14.3 Å². The Morgan fingerprint density at radius 3 is 1.09 bits per heavy atom. The van der Waals surface area contributed by atoms with Gasteiger partial charge in [-0.1, -0.05) is 243 Å². The number of hydrogen-bond donors (Lipinski definition) is 3. The molecule has 0 aromatic rings. The molecule has 0 fully saturated rings. The molecule has 2 unspecified atom stereocenters. The van der Waals surface area contributed by atoms with Gasteiger partial charge in [0.15, 0.2) is 0 Å². The SMILES string of the molecule is CCCCCCCC/C=C\CCCCCCCC(=O)OCCCCCCCCCCCCCC/C=C\CCCCCCCCCC(=O)NC(CO)C(O)/C=C/CCCCCCCCCC. The van der Waals surface area contributed by atoms with Gasteiger partial charge in [-0.3, -0.25) is 9.59 Å². The molecule has 0 saturated heterocycles. The van der Waals surface area contributed by atoms with Gasteiger partial charge in [0.25, 0.3) is 0 Å². The number of aliphatic hydroxyl groups is 2. The third-order valence-corrected chi connectivity index (χ3v) is 13.1. The largest absolute Gasteiger partial charge is 0.466 e. The maximum Gasteiger partial charge on any atom is 0.305 e. The standard InChI is InChI=1S/C59H111NO5/c1-3-5-7-9-11-13-15-16-26-30-33-37-41-45-49-53-59(64)65-54-50-46-42-38-34-31-28-25-23-21-19-17-18-20-22-24-27-29-32-36-40-44-48-52-58(63)60-56(55-61)57(62)51-47-43-39-35-14-12-10-8-6-4-2/h16,20,22,26,47,51,56-57,61-62H,3-15,17-19,21,23-25,27-46,48-50,52-55H2,1-2H3,(H,60,63)/b22-20-,26-16-,51-47+. The molecule has 382 valence electrons. The van der Waals surface area contributed by atoms with Gasteiger partial charge in [-0.2, -0.15) is 0 Å². The van der Waals surface area contributed by atoms with Crippen LogP contribution in [-0.4, -0.2) is 47.4 Å². The fourth-order valence-electron chi connectivity index (χ4n) is 8.68. The van der Waals surface area contributed by atoms with Crippen LogP contribution >= 0.6 is 0 Å². The van der Waals surface area contributed by atoms with Crippen LogP contribution in [0.25, 0.3) is 0 Å². The summed E-state index contributed by atoms with van der Waals surface area (Å²) >= 11 is 0. The van der Waals surface area contributed by atoms with E-state index in [9.17, 15) is 19.8 Å². The Hall–Kier alpha value is -1.92. The second-order valence-electron chi connectivity index (χ2n) is 19.6. The number of carbonyl (C=O) groups excluding carboxylic acids is 2. The zero-order valence-electron chi connectivity index (χ0n) is 43.5. The highest BCUT2D eigenvalue weighted by atomic mass is 16.5. The zero-order valence-corrected chi connectivity index (χ0v) is 43.5. The van der Waals surface area contributed by atoms with Crippen molar-refractivity contribution in [1.29, 1.82) is 0 Å². The van der Waals surface area contributed by atoms with Crippen molar-refractivity contribution < 1.29 is 24.5 Å². The summed E-state index contributed by atoms with van der Waals surface area (Å²) in [7, 11) is 0. The predicted molar refractivity (Wildman–Crippen MR) is 283 cm³/mol. The average molecular weight is 915 g/mol. The molecule has 6 nitrogen and oxygen atoms in total. The molecule has 0 saturated carbocycles. The van der Waals surface area contributed by atoms with Crippen LogP contribution in [0.3, 0.4) is 0 Å². The van der Waals surface area contributed by atoms with Gasteiger partial charge >= 0.3 is 5.97 Å². The van der Waals surface area contributed by atoms with Crippen LogP contribution in [0.4, 0.5) is 0 Å². The van der Waals surface area contributed by atoms with E-state index in [1.165, 1.54) is 225 Å². The first-order valence-corrected chi connectivity index (χ1v) is 28.8. The van der Waals surface area contributed by atoms with Crippen molar-refractivity contribution >= 4 is 11.9 Å². The molecule has 0 bridgehead atoms. The maximum absolute atomic E-state index is 12.4. The number of allylic oxidation sites excluding steroid dienone is 5. The van der Waals surface area contributed by atoms with Crippen LogP contribution in [0.1, 0.15) is 303 Å². The summed E-state index contributed by atoms with van der Waals surface area (Å²) in [5, 5.41) is 23.0. The van der Waals surface area contributed by atoms with Gasteiger partial charge in [0.2, 0.25) is 5.91 Å². The van der Waals surface area contributed by atoms with Gasteiger partial charge in [0.1, 0.15) is 0 Å². The molecule has 6 heteroatoms. The minimum atomic E-state index is -0.846. The molecule has 0 aliphatic carbocycles. The molecule has 0 radical (unpaired) electrons. The summed E-state index contributed by atoms with van der Waals surface area (Å²) in [4.78, 5) is 24.4. The third-order valence-electron chi connectivity index (χ3n) is 13.1. The number of aliphatic hydroxyl groups excluding tert-OH is 2. The van der Waals surface area contributed by atoms with E-state index in [-0.39, 0.29) is 18.5 Å². The first-order valence-electron chi connectivity index (χ1n) is 28.8. The lowest BCUT2D eigenvalue weighted by Gasteiger charge is -2.20. The van der Waals surface area contributed by atoms with E-state index in [2.05, 4.69) is 43.5 Å². The van der Waals surface area contributed by atoms with Crippen molar-refractivity contribution in [3.05, 3.63) is 36.5 Å². The topological polar surface area (TPSA) is 95.9 Å². The molecule has 0 aliphatic rings. The van der Waals surface area contributed by atoms with E-state index in [0.717, 1.165) is 51.4 Å². The Kier molecular flexibility index (Phi) is 53.1. The van der Waals surface area contributed by atoms with Gasteiger partial charge in [0.05, 0.1) is 25.4 Å². The van der Waals surface area contributed by atoms with Crippen LogP contribution in [0.15, 0.2) is 36.5 Å². The quantitative estimate of drug-likeness (QED) is 0.0321. The Balaban J connectivity index is 3.41. The van der Waals surface area contributed by atoms with Gasteiger partial charge in [0, 0.05) is 12.8 Å². The number of esters is 1. The Labute approximate surface area is 404 Å². The number of unbranched alkanes of at least 4 members (excludes halogenated alkanes) is 38. The van der Waals surface area contributed by atoms with Crippen molar-refractivity contribution in [3.8, 4) is 0 Å². The van der Waals surface area contributed by atoms with Crippen molar-refractivity contribution in [2.75, 3.05) is 13.2 Å². The fraction of sp³-hybridized carbons (Fsp3) is 0.864. The molecule has 0 aliphatic heterocycles. The average Bonchev–Trinajstić information content (AvgIpc) is 3.31. The highest BCUT2D eigenvalue weighted by molar-refractivity contribution is 5.76. The lowest BCUT2D eigenvalue weighted by molar-refractivity contribution is -0.143. The molecule has 0 aromatic carbocycles. The van der Waals surface area contributed by atoms with Crippen LogP contribution in [0.2, 0.25) is 0 Å². The summed E-state index contributed by atoms with van der Waals surface area (Å²) in [5.74, 6) is -0.0739. The molecule has 3 N–H and O–H groups in total. The van der Waals surface area contributed by atoms with Crippen LogP contribution in [0, 0.1) is 0 Å². The minimum absolute atomic E-state index is 0.00259. The molecule has 0 spiro atoms. The lowest BCUT2D eigenvalue weighted by atomic mass is 10.0. The highest BCUT2D eigenvalue weighted by Gasteiger charge is 2.18. The monoisotopic (exact) mass is 914 g/mol. The molecule has 1 amide bonds. The first kappa shape index (κ1) is 63.1. The number of amides is 1. The van der Waals surface area contributed by atoms with Crippen molar-refractivity contribution in [3.63, 3.8) is 0 Å². The number of ether oxygens (including phenoxy) is 1. The molecular formula is C59H111NO5. The van der Waals surface area contributed by atoms with Gasteiger partial charge in [-0.05, 0) is 83.5 Å². The summed E-state index contributed by atoms with van der Waals surface area (Å²) in [6.07, 6.45) is 67.5. The smallest absolute Gasteiger partial charge is 0.305 e. The summed E-state index contributed by atoms with van der Waals surface area (Å²) in [5.41, 5.74) is 0. The number of rotatable bonds is 53. The van der Waals surface area contributed by atoms with Crippen LogP contribution < -0.4 is 5.32 Å². The third kappa shape index (κ3) is 51.3. The molecule has 0 heterocycles. The Morgan fingerprint density at radius 1 is 0.415 bits per heavy atom. The highest BCUT2D eigenvalue weighted by Crippen LogP contribution is 2.16. The molecule has 0 rings (SSSR count). The van der Waals surface area contributed by atoms with E-state index >= 15 is 0 Å². The summed E-state index contributed by atoms with van der Waals surface area (Å²) < 4.78 is 5.48. The van der Waals surface area contributed by atoms with Crippen molar-refractivity contribution in [2.45, 2.75) is 315 Å². The maximum atomic E-state index is 12.4. The van der Waals surface area contributed by atoms with E-state index in [4.69, 9.17) is 4.74 Å². The number of carbonyl (C=O) groups is 2. The van der Waals surface area contributed by atoms with Crippen LogP contribution in [0.5, 0.6) is 0 Å². The van der Waals surface area contributed by atoms with E-state index in [1.807, 2.05) is 6.08 Å². The number of hydrogen-bond acceptors (Lipinski definition) is 5.